The molecule has 0 bridgehead atoms. The van der Waals surface area contributed by atoms with Gasteiger partial charge < -0.3 is 15.2 Å². The lowest BCUT2D eigenvalue weighted by Gasteiger charge is -2.19. The predicted molar refractivity (Wildman–Crippen MR) is 121 cm³/mol. The summed E-state index contributed by atoms with van der Waals surface area (Å²) in [7, 11) is 1.94. The molecule has 3 aromatic carbocycles. The van der Waals surface area contributed by atoms with Crippen molar-refractivity contribution in [3.63, 3.8) is 0 Å². The van der Waals surface area contributed by atoms with E-state index >= 15 is 0 Å². The minimum atomic E-state index is -0.443. The van der Waals surface area contributed by atoms with Crippen LogP contribution in [0.5, 0.6) is 0 Å². The maximum absolute atomic E-state index is 12.8. The summed E-state index contributed by atoms with van der Waals surface area (Å²) in [5, 5.41) is 5.75. The molecule has 2 N–H and O–H groups in total. The van der Waals surface area contributed by atoms with E-state index in [0.717, 1.165) is 28.0 Å². The number of benzene rings is 3. The van der Waals surface area contributed by atoms with Crippen LogP contribution >= 0.6 is 0 Å². The molecule has 1 aromatic heterocycles. The summed E-state index contributed by atoms with van der Waals surface area (Å²) in [6.45, 7) is 1.74. The van der Waals surface area contributed by atoms with Gasteiger partial charge in [-0.2, -0.15) is 0 Å². The van der Waals surface area contributed by atoms with Gasteiger partial charge in [-0.05, 0) is 36.2 Å². The van der Waals surface area contributed by atoms with Crippen molar-refractivity contribution in [2.75, 3.05) is 6.54 Å². The van der Waals surface area contributed by atoms with Crippen molar-refractivity contribution in [3.05, 3.63) is 101 Å². The van der Waals surface area contributed by atoms with Crippen LogP contribution in [0.1, 0.15) is 33.4 Å². The zero-order valence-corrected chi connectivity index (χ0v) is 17.5. The number of fused-ring (bicyclic) bond motifs is 1. The van der Waals surface area contributed by atoms with Gasteiger partial charge in [-0.1, -0.05) is 60.7 Å². The summed E-state index contributed by atoms with van der Waals surface area (Å²) in [6.07, 6.45) is 0. The first-order chi connectivity index (χ1) is 15.0. The number of aryl methyl sites for hydroxylation is 2. The lowest BCUT2D eigenvalue weighted by molar-refractivity contribution is -0.120. The van der Waals surface area contributed by atoms with Gasteiger partial charge in [0.05, 0.1) is 17.6 Å². The highest BCUT2D eigenvalue weighted by Gasteiger charge is 2.23. The van der Waals surface area contributed by atoms with Gasteiger partial charge >= 0.3 is 0 Å². The third kappa shape index (κ3) is 4.33. The van der Waals surface area contributed by atoms with E-state index in [1.165, 1.54) is 0 Å². The second-order valence-corrected chi connectivity index (χ2v) is 7.43. The van der Waals surface area contributed by atoms with Crippen LogP contribution < -0.4 is 10.6 Å². The molecule has 0 aliphatic heterocycles. The highest BCUT2D eigenvalue weighted by atomic mass is 16.2. The Hall–Kier alpha value is -3.93. The van der Waals surface area contributed by atoms with Crippen LogP contribution in [0.3, 0.4) is 0 Å². The van der Waals surface area contributed by atoms with Gasteiger partial charge in [-0.3, -0.25) is 9.59 Å². The van der Waals surface area contributed by atoms with E-state index in [-0.39, 0.29) is 18.4 Å². The summed E-state index contributed by atoms with van der Waals surface area (Å²) in [6, 6.07) is 24.4. The molecule has 0 aliphatic carbocycles. The number of rotatable bonds is 6. The first-order valence-corrected chi connectivity index (χ1v) is 10.1. The van der Waals surface area contributed by atoms with E-state index in [4.69, 9.17) is 4.98 Å². The van der Waals surface area contributed by atoms with E-state index in [9.17, 15) is 9.59 Å². The van der Waals surface area contributed by atoms with E-state index in [1.54, 1.807) is 12.1 Å². The Morgan fingerprint density at radius 3 is 2.35 bits per heavy atom. The van der Waals surface area contributed by atoms with Crippen LogP contribution in [0.2, 0.25) is 0 Å². The van der Waals surface area contributed by atoms with Crippen molar-refractivity contribution >= 4 is 22.8 Å². The number of nitrogens with one attached hydrogen (secondary N) is 2. The molecule has 1 atom stereocenters. The molecular formula is C25H24N4O2. The highest BCUT2D eigenvalue weighted by molar-refractivity contribution is 5.97. The number of carbonyl (C=O) groups excluding carboxylic acids is 2. The second-order valence-electron chi connectivity index (χ2n) is 7.43. The average molecular weight is 412 g/mol. The monoisotopic (exact) mass is 412 g/mol. The second kappa shape index (κ2) is 8.83. The number of para-hydroxylation sites is 2. The maximum atomic E-state index is 12.8. The first kappa shape index (κ1) is 20.3. The van der Waals surface area contributed by atoms with Gasteiger partial charge in [0.2, 0.25) is 5.91 Å². The van der Waals surface area contributed by atoms with E-state index in [2.05, 4.69) is 10.6 Å². The topological polar surface area (TPSA) is 76.0 Å². The molecule has 4 aromatic rings. The van der Waals surface area contributed by atoms with E-state index in [1.807, 2.05) is 85.3 Å². The molecule has 0 saturated heterocycles. The fourth-order valence-corrected chi connectivity index (χ4v) is 3.66. The number of nitrogens with zero attached hydrogens (tertiary/aromatic N) is 2. The molecule has 0 saturated carbocycles. The minimum absolute atomic E-state index is 0.125. The molecule has 4 rings (SSSR count). The SMILES string of the molecule is Cc1ccccc1C(=O)NCC(=O)NC(c1ccccc1)c1nc2ccccc2n1C. The van der Waals surface area contributed by atoms with Gasteiger partial charge in [-0.15, -0.1) is 0 Å². The van der Waals surface area contributed by atoms with Crippen LogP contribution in [0, 0.1) is 6.92 Å². The van der Waals surface area contributed by atoms with Gasteiger partial charge in [0, 0.05) is 12.6 Å². The molecule has 2 amide bonds. The number of hydrogen-bond acceptors (Lipinski definition) is 3. The standard InChI is InChI=1S/C25H24N4O2/c1-17-10-6-7-13-19(17)25(31)26-16-22(30)28-23(18-11-4-3-5-12-18)24-27-20-14-8-9-15-21(20)29(24)2/h3-15,23H,16H2,1-2H3,(H,26,31)(H,28,30). The molecule has 0 radical (unpaired) electrons. The number of aromatic nitrogens is 2. The fourth-order valence-electron chi connectivity index (χ4n) is 3.66. The van der Waals surface area contributed by atoms with Crippen molar-refractivity contribution in [2.45, 2.75) is 13.0 Å². The highest BCUT2D eigenvalue weighted by Crippen LogP contribution is 2.24. The van der Waals surface area contributed by atoms with Crippen molar-refractivity contribution < 1.29 is 9.59 Å². The van der Waals surface area contributed by atoms with Gasteiger partial charge in [0.15, 0.2) is 0 Å². The molecule has 6 nitrogen and oxygen atoms in total. The van der Waals surface area contributed by atoms with Crippen molar-refractivity contribution in [2.24, 2.45) is 7.05 Å². The van der Waals surface area contributed by atoms with E-state index in [0.29, 0.717) is 5.56 Å². The Morgan fingerprint density at radius 1 is 0.935 bits per heavy atom. The summed E-state index contributed by atoms with van der Waals surface area (Å²) < 4.78 is 1.99. The summed E-state index contributed by atoms with van der Waals surface area (Å²) in [5.74, 6) is 0.168. The van der Waals surface area contributed by atoms with Gasteiger partial charge in [-0.25, -0.2) is 4.98 Å². The van der Waals surface area contributed by atoms with Gasteiger partial charge in [0.25, 0.3) is 5.91 Å². The first-order valence-electron chi connectivity index (χ1n) is 10.1. The Labute approximate surface area is 180 Å². The molecule has 0 fully saturated rings. The van der Waals surface area contributed by atoms with Crippen LogP contribution in [0.4, 0.5) is 0 Å². The Balaban J connectivity index is 1.55. The quantitative estimate of drug-likeness (QED) is 0.509. The molecule has 31 heavy (non-hydrogen) atoms. The normalized spacial score (nSPS) is 11.8. The minimum Gasteiger partial charge on any atom is -0.343 e. The lowest BCUT2D eigenvalue weighted by Crippen LogP contribution is -2.39. The molecule has 156 valence electrons. The number of carbonyl (C=O) groups is 2. The summed E-state index contributed by atoms with van der Waals surface area (Å²) in [4.78, 5) is 30.0. The van der Waals surface area contributed by atoms with Crippen molar-refractivity contribution in [3.8, 4) is 0 Å². The lowest BCUT2D eigenvalue weighted by atomic mass is 10.1. The molecule has 0 aliphatic rings. The maximum Gasteiger partial charge on any atom is 0.251 e. The third-order valence-corrected chi connectivity index (χ3v) is 5.32. The van der Waals surface area contributed by atoms with Crippen molar-refractivity contribution in [1.29, 1.82) is 0 Å². The zero-order valence-electron chi connectivity index (χ0n) is 17.5. The average Bonchev–Trinajstić information content (AvgIpc) is 3.13. The van der Waals surface area contributed by atoms with Crippen LogP contribution in [0.15, 0.2) is 78.9 Å². The van der Waals surface area contributed by atoms with Crippen LogP contribution in [-0.4, -0.2) is 27.9 Å². The number of imidazole rings is 1. The molecule has 1 unspecified atom stereocenters. The van der Waals surface area contributed by atoms with Crippen molar-refractivity contribution in [1.82, 2.24) is 20.2 Å². The summed E-state index contributed by atoms with van der Waals surface area (Å²) >= 11 is 0. The molecule has 1 heterocycles. The molecular weight excluding hydrogens is 388 g/mol. The Bertz CT molecular complexity index is 1230. The van der Waals surface area contributed by atoms with Gasteiger partial charge in [0.1, 0.15) is 11.9 Å². The van der Waals surface area contributed by atoms with Crippen LogP contribution in [0.25, 0.3) is 11.0 Å². The summed E-state index contributed by atoms with van der Waals surface area (Å²) in [5.41, 5.74) is 4.19. The van der Waals surface area contributed by atoms with E-state index < -0.39 is 6.04 Å². The largest absolute Gasteiger partial charge is 0.343 e. The Kier molecular flexibility index (Phi) is 5.80. The Morgan fingerprint density at radius 2 is 1.61 bits per heavy atom. The predicted octanol–water partition coefficient (Wildman–Crippen LogP) is 3.52. The third-order valence-electron chi connectivity index (χ3n) is 5.32. The molecule has 6 heteroatoms. The smallest absolute Gasteiger partial charge is 0.251 e. The molecule has 0 spiro atoms. The fraction of sp³-hybridized carbons (Fsp3) is 0.160. The van der Waals surface area contributed by atoms with Crippen LogP contribution in [-0.2, 0) is 11.8 Å². The zero-order chi connectivity index (χ0) is 21.8. The number of hydrogen-bond donors (Lipinski definition) is 2. The number of amides is 2.